The monoisotopic (exact) mass is 856 g/mol. The molecule has 2 saturated carbocycles. The van der Waals surface area contributed by atoms with Gasteiger partial charge in [0, 0.05) is 71.3 Å². The molecule has 3 aromatic heterocycles. The standard InChI is InChI=1S/C45H58F2N10O5/c1-53(20-6-22-61-21-5-8-31-7-4-9-36-41(31)54(2)28-56(36)37-16-17-39(58)55(3)45(37)60)25-30-12-14-33(15-13-30)57-26-34(40(52-57)42(46)47)50-43(59)35-27-62-44(51-35)32-18-19-48-38(23-32)49-24-29-10-11-29/h4,7,9,18-19,23,26-27,29-30,33,37,42H,5-6,8,10-17,20-22,24-25,28H2,1-3H3,(H,48,49)(H,50,59). The number of pyridine rings is 1. The first-order chi connectivity index (χ1) is 30.0. The molecule has 2 aliphatic carbocycles. The third-order valence-corrected chi connectivity index (χ3v) is 12.7. The van der Waals surface area contributed by atoms with Gasteiger partial charge in [-0.1, -0.05) is 12.1 Å². The van der Waals surface area contributed by atoms with E-state index in [2.05, 4.69) is 72.7 Å². The third-order valence-electron chi connectivity index (χ3n) is 12.7. The van der Waals surface area contributed by atoms with E-state index in [1.807, 2.05) is 0 Å². The highest BCUT2D eigenvalue weighted by molar-refractivity contribution is 6.03. The molecular weight excluding hydrogens is 799 g/mol. The van der Waals surface area contributed by atoms with Crippen LogP contribution in [-0.2, 0) is 20.7 Å². The number of nitrogens with one attached hydrogen (secondary N) is 2. The number of anilines is 4. The first-order valence-corrected chi connectivity index (χ1v) is 22.0. The summed E-state index contributed by atoms with van der Waals surface area (Å²) in [7, 11) is 5.76. The fourth-order valence-electron chi connectivity index (χ4n) is 9.09. The minimum Gasteiger partial charge on any atom is -0.444 e. The van der Waals surface area contributed by atoms with Gasteiger partial charge in [-0.2, -0.15) is 5.10 Å². The number of hydrogen-bond acceptors (Lipinski definition) is 12. The zero-order valence-electron chi connectivity index (χ0n) is 35.9. The van der Waals surface area contributed by atoms with Crippen LogP contribution < -0.4 is 20.4 Å². The number of carbonyl (C=O) groups excluding carboxylic acids is 3. The van der Waals surface area contributed by atoms with Gasteiger partial charge < -0.3 is 34.5 Å². The Morgan fingerprint density at radius 2 is 1.82 bits per heavy atom. The van der Waals surface area contributed by atoms with E-state index >= 15 is 0 Å². The number of piperidine rings is 1. The number of aromatic nitrogens is 4. The number of hydrogen-bond donors (Lipinski definition) is 2. The molecule has 1 saturated heterocycles. The average Bonchev–Trinajstić information content (AvgIpc) is 3.61. The van der Waals surface area contributed by atoms with Gasteiger partial charge in [-0.3, -0.25) is 24.0 Å². The van der Waals surface area contributed by atoms with Crippen molar-refractivity contribution in [2.45, 2.75) is 89.1 Å². The van der Waals surface area contributed by atoms with Crippen LogP contribution in [0.4, 0.5) is 31.7 Å². The highest BCUT2D eigenvalue weighted by atomic mass is 19.3. The number of carbonyl (C=O) groups is 3. The van der Waals surface area contributed by atoms with Gasteiger partial charge in [0.15, 0.2) is 11.4 Å². The fraction of sp³-hybridized carbons (Fsp3) is 0.556. The van der Waals surface area contributed by atoms with Gasteiger partial charge in [0.25, 0.3) is 18.2 Å². The zero-order chi connectivity index (χ0) is 43.3. The summed E-state index contributed by atoms with van der Waals surface area (Å²) in [5.74, 6) is 1.19. The summed E-state index contributed by atoms with van der Waals surface area (Å²) >= 11 is 0. The molecule has 2 N–H and O–H groups in total. The number of halogens is 2. The first kappa shape index (κ1) is 43.2. The minimum atomic E-state index is -2.86. The van der Waals surface area contributed by atoms with Crippen molar-refractivity contribution in [3.05, 3.63) is 65.9 Å². The predicted molar refractivity (Wildman–Crippen MR) is 231 cm³/mol. The first-order valence-electron chi connectivity index (χ1n) is 22.0. The number of aryl methyl sites for hydroxylation is 1. The Kier molecular flexibility index (Phi) is 13.5. The van der Waals surface area contributed by atoms with E-state index in [1.165, 1.54) is 35.8 Å². The van der Waals surface area contributed by atoms with E-state index in [9.17, 15) is 23.2 Å². The highest BCUT2D eigenvalue weighted by Gasteiger charge is 2.40. The SMILES string of the molecule is CN(CCCOCCCc1cccc2c1N(C)CN2C1CCC(=O)N(C)C1=O)CC1CCC(n2cc(NC(=O)c3coc(-c4ccnc(NCC5CC5)c4)n3)c(C(F)F)n2)CC1. The van der Waals surface area contributed by atoms with Gasteiger partial charge in [-0.25, -0.2) is 18.7 Å². The van der Waals surface area contributed by atoms with Gasteiger partial charge in [0.2, 0.25) is 11.8 Å². The minimum absolute atomic E-state index is 0.0226. The van der Waals surface area contributed by atoms with E-state index in [-0.39, 0.29) is 41.2 Å². The summed E-state index contributed by atoms with van der Waals surface area (Å²) in [5.41, 5.74) is 3.57. The lowest BCUT2D eigenvalue weighted by Crippen LogP contribution is -2.53. The molecule has 0 spiro atoms. The number of alkyl halides is 2. The second-order valence-corrected chi connectivity index (χ2v) is 17.4. The van der Waals surface area contributed by atoms with Gasteiger partial charge in [0.05, 0.1) is 29.8 Å². The van der Waals surface area contributed by atoms with E-state index in [0.717, 1.165) is 76.0 Å². The van der Waals surface area contributed by atoms with Crippen molar-refractivity contribution >= 4 is 40.6 Å². The van der Waals surface area contributed by atoms with Crippen LogP contribution in [0.1, 0.15) is 98.4 Å². The van der Waals surface area contributed by atoms with Crippen LogP contribution in [0.15, 0.2) is 53.4 Å². The Morgan fingerprint density at radius 1 is 1.03 bits per heavy atom. The molecule has 3 fully saturated rings. The highest BCUT2D eigenvalue weighted by Crippen LogP contribution is 2.41. The van der Waals surface area contributed by atoms with Crippen molar-refractivity contribution in [2.75, 3.05) is 81.1 Å². The molecule has 3 amide bonds. The molecule has 17 heteroatoms. The molecule has 1 atom stereocenters. The average molecular weight is 857 g/mol. The quantitative estimate of drug-likeness (QED) is 0.0737. The van der Waals surface area contributed by atoms with Crippen molar-refractivity contribution < 1.29 is 32.3 Å². The number of likely N-dealkylation sites (tertiary alicyclic amines) is 1. The number of para-hydroxylation sites is 1. The smallest absolute Gasteiger partial charge is 0.284 e. The van der Waals surface area contributed by atoms with Crippen LogP contribution in [-0.4, -0.2) is 114 Å². The van der Waals surface area contributed by atoms with Crippen molar-refractivity contribution in [1.29, 1.82) is 0 Å². The number of benzene rings is 1. The molecule has 4 aliphatic rings. The summed E-state index contributed by atoms with van der Waals surface area (Å²) in [6.07, 6.45) is 11.1. The summed E-state index contributed by atoms with van der Waals surface area (Å²) < 4.78 is 41.5. The van der Waals surface area contributed by atoms with Crippen molar-refractivity contribution in [3.63, 3.8) is 0 Å². The molecule has 0 radical (unpaired) electrons. The molecule has 0 bridgehead atoms. The maximum absolute atomic E-state index is 14.1. The number of likely N-dealkylation sites (N-methyl/N-ethyl adjacent to an activating group) is 1. The van der Waals surface area contributed by atoms with E-state index in [4.69, 9.17) is 9.15 Å². The molecule has 15 nitrogen and oxygen atoms in total. The second kappa shape index (κ2) is 19.3. The lowest BCUT2D eigenvalue weighted by molar-refractivity contribution is -0.147. The van der Waals surface area contributed by atoms with Crippen molar-refractivity contribution in [2.24, 2.45) is 11.8 Å². The number of nitrogens with zero attached hydrogens (tertiary/aromatic N) is 8. The summed E-state index contributed by atoms with van der Waals surface area (Å²) in [6.45, 7) is 4.68. The van der Waals surface area contributed by atoms with Gasteiger partial charge in [0.1, 0.15) is 18.1 Å². The van der Waals surface area contributed by atoms with Crippen molar-refractivity contribution in [1.82, 2.24) is 29.5 Å². The molecule has 5 heterocycles. The van der Waals surface area contributed by atoms with E-state index < -0.39 is 18.0 Å². The maximum atomic E-state index is 14.1. The van der Waals surface area contributed by atoms with E-state index in [1.54, 1.807) is 30.1 Å². The molecule has 1 aromatic carbocycles. The zero-order valence-corrected chi connectivity index (χ0v) is 35.9. The number of fused-ring (bicyclic) bond motifs is 1. The summed E-state index contributed by atoms with van der Waals surface area (Å²) in [5, 5.41) is 10.1. The number of rotatable bonds is 19. The third kappa shape index (κ3) is 10.1. The Labute approximate surface area is 361 Å². The predicted octanol–water partition coefficient (Wildman–Crippen LogP) is 7.01. The molecule has 2 aliphatic heterocycles. The van der Waals surface area contributed by atoms with Crippen LogP contribution in [0.3, 0.4) is 0 Å². The van der Waals surface area contributed by atoms with Crippen LogP contribution in [0.25, 0.3) is 11.5 Å². The Morgan fingerprint density at radius 3 is 2.61 bits per heavy atom. The van der Waals surface area contributed by atoms with Crippen LogP contribution in [0, 0.1) is 11.8 Å². The Hall–Kier alpha value is -5.42. The molecule has 4 aromatic rings. The Bertz CT molecular complexity index is 2200. The second-order valence-electron chi connectivity index (χ2n) is 17.4. The Balaban J connectivity index is 0.740. The van der Waals surface area contributed by atoms with Gasteiger partial charge in [-0.15, -0.1) is 0 Å². The summed E-state index contributed by atoms with van der Waals surface area (Å²) in [4.78, 5) is 54.8. The topological polar surface area (TPSA) is 154 Å². The van der Waals surface area contributed by atoms with Gasteiger partial charge >= 0.3 is 0 Å². The number of amides is 3. The number of imide groups is 1. The number of oxazole rings is 1. The lowest BCUT2D eigenvalue weighted by Gasteiger charge is -2.35. The van der Waals surface area contributed by atoms with Crippen LogP contribution in [0.5, 0.6) is 0 Å². The van der Waals surface area contributed by atoms with Crippen molar-refractivity contribution in [3.8, 4) is 11.5 Å². The molecule has 332 valence electrons. The van der Waals surface area contributed by atoms with E-state index in [0.29, 0.717) is 55.9 Å². The molecule has 1 unspecified atom stereocenters. The van der Waals surface area contributed by atoms with Crippen LogP contribution in [0.2, 0.25) is 0 Å². The molecular formula is C45H58F2N10O5. The normalized spacial score (nSPS) is 20.4. The summed E-state index contributed by atoms with van der Waals surface area (Å²) in [6, 6.07) is 9.45. The number of ether oxygens (including phenoxy) is 1. The van der Waals surface area contributed by atoms with Gasteiger partial charge in [-0.05, 0) is 107 Å². The molecule has 8 rings (SSSR count). The largest absolute Gasteiger partial charge is 0.444 e. The maximum Gasteiger partial charge on any atom is 0.284 e. The lowest BCUT2D eigenvalue weighted by atomic mass is 9.86. The molecule has 62 heavy (non-hydrogen) atoms. The fourth-order valence-corrected chi connectivity index (χ4v) is 9.09. The van der Waals surface area contributed by atoms with Crippen LogP contribution >= 0.6 is 0 Å².